The Hall–Kier alpha value is -1.06. The molecule has 0 heterocycles. The lowest BCUT2D eigenvalue weighted by atomic mass is 10.4. The number of carboxylic acid groups (broad SMARTS) is 1. The molecule has 1 aliphatic rings. The topological polar surface area (TPSA) is 66.4 Å². The number of carbonyl (C=O) groups excluding carboxylic acids is 1. The predicted octanol–water partition coefficient (Wildman–Crippen LogP) is -0.403. The average Bonchev–Trinajstić information content (AvgIpc) is 2.63. The van der Waals surface area contributed by atoms with Gasteiger partial charge in [-0.2, -0.15) is 0 Å². The number of rotatable bonds is 3. The maximum absolute atomic E-state index is 10.7. The van der Waals surface area contributed by atoms with E-state index >= 15 is 0 Å². The molecule has 1 amide bonds. The first-order valence-electron chi connectivity index (χ1n) is 3.19. The number of aliphatic carboxylic acids is 1. The fraction of sp³-hybridized carbons (Fsp3) is 0.667. The van der Waals surface area contributed by atoms with Crippen molar-refractivity contribution in [3.05, 3.63) is 0 Å². The Bertz CT molecular complexity index is 162. The van der Waals surface area contributed by atoms with Crippen LogP contribution in [-0.2, 0) is 9.59 Å². The Balaban J connectivity index is 2.12. The molecule has 1 saturated carbocycles. The highest BCUT2D eigenvalue weighted by atomic mass is 16.4. The minimum Gasteiger partial charge on any atom is -0.480 e. The summed E-state index contributed by atoms with van der Waals surface area (Å²) in [4.78, 5) is 20.7. The number of hydrogen-bond donors (Lipinski definition) is 2. The lowest BCUT2D eigenvalue weighted by molar-refractivity contribution is -0.138. The average molecular weight is 143 g/mol. The first-order valence-corrected chi connectivity index (χ1v) is 3.19. The normalized spacial score (nSPS) is 16.4. The van der Waals surface area contributed by atoms with Crippen LogP contribution in [0, 0.1) is 5.92 Å². The molecule has 1 fully saturated rings. The minimum atomic E-state index is -0.992. The number of nitrogens with one attached hydrogen (secondary N) is 1. The summed E-state index contributed by atoms with van der Waals surface area (Å²) in [7, 11) is 0. The van der Waals surface area contributed by atoms with E-state index in [0.717, 1.165) is 12.8 Å². The molecule has 1 aliphatic carbocycles. The third-order valence-electron chi connectivity index (χ3n) is 1.36. The van der Waals surface area contributed by atoms with E-state index in [4.69, 9.17) is 5.11 Å². The SMILES string of the molecule is O=C(O)CNC(=O)C1CC1. The summed E-state index contributed by atoms with van der Waals surface area (Å²) >= 11 is 0. The summed E-state index contributed by atoms with van der Waals surface area (Å²) in [6, 6.07) is 0. The molecule has 0 atom stereocenters. The molecule has 0 aliphatic heterocycles. The molecule has 0 bridgehead atoms. The van der Waals surface area contributed by atoms with Crippen molar-refractivity contribution in [3.63, 3.8) is 0 Å². The molecular formula is C6H9NO3. The highest BCUT2D eigenvalue weighted by Gasteiger charge is 2.29. The van der Waals surface area contributed by atoms with Gasteiger partial charge in [-0.25, -0.2) is 0 Å². The standard InChI is InChI=1S/C6H9NO3/c8-5(9)3-7-6(10)4-1-2-4/h4H,1-3H2,(H,7,10)(H,8,9). The molecule has 0 spiro atoms. The van der Waals surface area contributed by atoms with E-state index in [1.165, 1.54) is 0 Å². The summed E-state index contributed by atoms with van der Waals surface area (Å²) < 4.78 is 0. The molecule has 0 aromatic carbocycles. The van der Waals surface area contributed by atoms with Crippen molar-refractivity contribution in [3.8, 4) is 0 Å². The summed E-state index contributed by atoms with van der Waals surface area (Å²) in [5, 5.41) is 10.5. The Morgan fingerprint density at radius 1 is 1.50 bits per heavy atom. The van der Waals surface area contributed by atoms with Gasteiger partial charge in [0, 0.05) is 5.92 Å². The van der Waals surface area contributed by atoms with E-state index in [1.54, 1.807) is 0 Å². The molecule has 56 valence electrons. The van der Waals surface area contributed by atoms with Gasteiger partial charge < -0.3 is 10.4 Å². The van der Waals surface area contributed by atoms with Gasteiger partial charge in [-0.15, -0.1) is 0 Å². The Morgan fingerprint density at radius 2 is 2.10 bits per heavy atom. The van der Waals surface area contributed by atoms with E-state index in [9.17, 15) is 9.59 Å². The molecule has 0 aromatic rings. The molecule has 0 unspecified atom stereocenters. The van der Waals surface area contributed by atoms with E-state index in [-0.39, 0.29) is 18.4 Å². The lowest BCUT2D eigenvalue weighted by Crippen LogP contribution is -2.30. The van der Waals surface area contributed by atoms with E-state index in [1.807, 2.05) is 0 Å². The first-order chi connectivity index (χ1) is 4.70. The number of carbonyl (C=O) groups is 2. The zero-order valence-corrected chi connectivity index (χ0v) is 5.46. The van der Waals surface area contributed by atoms with Crippen LogP contribution in [0.2, 0.25) is 0 Å². The second-order valence-corrected chi connectivity index (χ2v) is 2.39. The second kappa shape index (κ2) is 2.68. The van der Waals surface area contributed by atoms with Gasteiger partial charge in [0.2, 0.25) is 5.91 Å². The van der Waals surface area contributed by atoms with Gasteiger partial charge in [-0.1, -0.05) is 0 Å². The Kier molecular flexibility index (Phi) is 1.89. The van der Waals surface area contributed by atoms with Gasteiger partial charge in [0.1, 0.15) is 6.54 Å². The highest BCUT2D eigenvalue weighted by Crippen LogP contribution is 2.28. The molecule has 4 nitrogen and oxygen atoms in total. The summed E-state index contributed by atoms with van der Waals surface area (Å²) in [6.45, 7) is -0.255. The summed E-state index contributed by atoms with van der Waals surface area (Å²) in [5.41, 5.74) is 0. The van der Waals surface area contributed by atoms with Crippen LogP contribution < -0.4 is 5.32 Å². The third kappa shape index (κ3) is 2.05. The quantitative estimate of drug-likeness (QED) is 0.564. The fourth-order valence-corrected chi connectivity index (χ4v) is 0.653. The minimum absolute atomic E-state index is 0.0966. The smallest absolute Gasteiger partial charge is 0.322 e. The number of amides is 1. The molecule has 1 rings (SSSR count). The molecule has 2 N–H and O–H groups in total. The van der Waals surface area contributed by atoms with Crippen molar-refractivity contribution in [2.75, 3.05) is 6.54 Å². The van der Waals surface area contributed by atoms with Gasteiger partial charge >= 0.3 is 5.97 Å². The monoisotopic (exact) mass is 143 g/mol. The van der Waals surface area contributed by atoms with Gasteiger partial charge in [0.15, 0.2) is 0 Å². The van der Waals surface area contributed by atoms with Gasteiger partial charge in [0.05, 0.1) is 0 Å². The van der Waals surface area contributed by atoms with Crippen molar-refractivity contribution >= 4 is 11.9 Å². The summed E-state index contributed by atoms with van der Waals surface area (Å²) in [6.07, 6.45) is 1.82. The van der Waals surface area contributed by atoms with E-state index in [2.05, 4.69) is 5.32 Å². The zero-order valence-electron chi connectivity index (χ0n) is 5.46. The molecule has 10 heavy (non-hydrogen) atoms. The van der Waals surface area contributed by atoms with Crippen LogP contribution in [-0.4, -0.2) is 23.5 Å². The molecule has 0 saturated heterocycles. The maximum Gasteiger partial charge on any atom is 0.322 e. The summed E-state index contributed by atoms with van der Waals surface area (Å²) in [5.74, 6) is -1.02. The largest absolute Gasteiger partial charge is 0.480 e. The van der Waals surface area contributed by atoms with Crippen molar-refractivity contribution < 1.29 is 14.7 Å². The first kappa shape index (κ1) is 7.05. The lowest BCUT2D eigenvalue weighted by Gasteiger charge is -1.97. The van der Waals surface area contributed by atoms with Crippen LogP contribution >= 0.6 is 0 Å². The molecule has 0 radical (unpaired) electrons. The zero-order chi connectivity index (χ0) is 7.56. The molecule has 4 heteroatoms. The number of hydrogen-bond acceptors (Lipinski definition) is 2. The molecular weight excluding hydrogens is 134 g/mol. The second-order valence-electron chi connectivity index (χ2n) is 2.39. The van der Waals surface area contributed by atoms with Crippen LogP contribution in [0.1, 0.15) is 12.8 Å². The third-order valence-corrected chi connectivity index (χ3v) is 1.36. The van der Waals surface area contributed by atoms with Gasteiger partial charge in [-0.05, 0) is 12.8 Å². The predicted molar refractivity (Wildman–Crippen MR) is 33.4 cm³/mol. The Labute approximate surface area is 58.2 Å². The van der Waals surface area contributed by atoms with Crippen molar-refractivity contribution in [1.82, 2.24) is 5.32 Å². The van der Waals surface area contributed by atoms with E-state index < -0.39 is 5.97 Å². The van der Waals surface area contributed by atoms with Crippen LogP contribution in [0.5, 0.6) is 0 Å². The fourth-order valence-electron chi connectivity index (χ4n) is 0.653. The van der Waals surface area contributed by atoms with E-state index in [0.29, 0.717) is 0 Å². The number of carboxylic acids is 1. The van der Waals surface area contributed by atoms with Crippen LogP contribution in [0.15, 0.2) is 0 Å². The molecule has 0 aromatic heterocycles. The van der Waals surface area contributed by atoms with Crippen LogP contribution in [0.4, 0.5) is 0 Å². The Morgan fingerprint density at radius 3 is 2.50 bits per heavy atom. The van der Waals surface area contributed by atoms with Crippen molar-refractivity contribution in [1.29, 1.82) is 0 Å². The van der Waals surface area contributed by atoms with Gasteiger partial charge in [0.25, 0.3) is 0 Å². The van der Waals surface area contributed by atoms with Crippen molar-refractivity contribution in [2.24, 2.45) is 5.92 Å². The van der Waals surface area contributed by atoms with Crippen molar-refractivity contribution in [2.45, 2.75) is 12.8 Å². The highest BCUT2D eigenvalue weighted by molar-refractivity contribution is 5.84. The van der Waals surface area contributed by atoms with Crippen LogP contribution in [0.25, 0.3) is 0 Å². The van der Waals surface area contributed by atoms with Crippen LogP contribution in [0.3, 0.4) is 0 Å². The maximum atomic E-state index is 10.7. The van der Waals surface area contributed by atoms with Gasteiger partial charge in [-0.3, -0.25) is 9.59 Å².